The fourth-order valence-corrected chi connectivity index (χ4v) is 3.67. The normalized spacial score (nSPS) is 11.8. The summed E-state index contributed by atoms with van der Waals surface area (Å²) in [4.78, 5) is 0.165. The average Bonchev–Trinajstić information content (AvgIpc) is 3.29. The molecule has 156 valence electrons. The maximum absolute atomic E-state index is 12.4. The quantitative estimate of drug-likeness (QED) is 0.282. The third kappa shape index (κ3) is 6.24. The topological polar surface area (TPSA) is 95.7 Å². The van der Waals surface area contributed by atoms with E-state index in [2.05, 4.69) is 20.6 Å². The lowest BCUT2D eigenvalue weighted by molar-refractivity contribution is 0.498. The minimum absolute atomic E-state index is 0.0922. The second kappa shape index (κ2) is 10.1. The Morgan fingerprint density at radius 2 is 1.73 bits per heavy atom. The fraction of sp³-hybridized carbons (Fsp3) is 0.143. The highest BCUT2D eigenvalue weighted by atomic mass is 32.2. The molecule has 0 saturated carbocycles. The van der Waals surface area contributed by atoms with Gasteiger partial charge in [-0.2, -0.15) is 5.10 Å². The lowest BCUT2D eigenvalue weighted by Gasteiger charge is -2.09. The summed E-state index contributed by atoms with van der Waals surface area (Å²) in [5, 5.41) is 7.73. The molecule has 0 aliphatic rings. The van der Waals surface area contributed by atoms with Crippen LogP contribution in [0.5, 0.6) is 0 Å². The van der Waals surface area contributed by atoms with Crippen molar-refractivity contribution in [2.75, 3.05) is 0 Å². The van der Waals surface area contributed by atoms with E-state index >= 15 is 0 Å². The molecule has 0 unspecified atom stereocenters. The van der Waals surface area contributed by atoms with Gasteiger partial charge in [0.2, 0.25) is 10.0 Å². The molecule has 7 nitrogen and oxygen atoms in total. The van der Waals surface area contributed by atoms with Gasteiger partial charge in [-0.05, 0) is 54.5 Å². The summed E-state index contributed by atoms with van der Waals surface area (Å²) in [6.07, 6.45) is 1.50. The number of thiocarbonyl (C=S) groups is 1. The highest BCUT2D eigenvalue weighted by Crippen LogP contribution is 2.12. The van der Waals surface area contributed by atoms with Gasteiger partial charge in [0.25, 0.3) is 0 Å². The Balaban J connectivity index is 1.54. The molecule has 0 bridgehead atoms. The number of hydrogen-bond acceptors (Lipinski definition) is 5. The summed E-state index contributed by atoms with van der Waals surface area (Å²) in [6, 6.07) is 19.8. The average molecular weight is 443 g/mol. The fourth-order valence-electron chi connectivity index (χ4n) is 2.55. The van der Waals surface area contributed by atoms with Crippen molar-refractivity contribution in [2.45, 2.75) is 24.9 Å². The van der Waals surface area contributed by atoms with Crippen LogP contribution in [0.3, 0.4) is 0 Å². The van der Waals surface area contributed by atoms with Crippen LogP contribution in [-0.4, -0.2) is 19.2 Å². The monoisotopic (exact) mass is 442 g/mol. The van der Waals surface area contributed by atoms with Crippen LogP contribution in [0.25, 0.3) is 0 Å². The minimum atomic E-state index is -3.63. The molecule has 0 aliphatic carbocycles. The van der Waals surface area contributed by atoms with Gasteiger partial charge < -0.3 is 9.73 Å². The number of nitrogens with zero attached hydrogens (tertiary/aromatic N) is 1. The molecular weight excluding hydrogens is 420 g/mol. The van der Waals surface area contributed by atoms with Crippen LogP contribution in [-0.2, 0) is 23.1 Å². The van der Waals surface area contributed by atoms with Gasteiger partial charge in [-0.15, -0.1) is 0 Å². The standard InChI is InChI=1S/C21H22N4O3S2/c1-16(24-25-21(29)22-14-17-6-3-2-4-7-17)18-9-11-20(12-10-18)30(26,27)23-15-19-8-5-13-28-19/h2-13,23H,14-15H2,1H3,(H2,22,25,29)/b24-16-. The lowest BCUT2D eigenvalue weighted by Crippen LogP contribution is -2.32. The number of hydrazone groups is 1. The van der Waals surface area contributed by atoms with Crippen LogP contribution in [0, 0.1) is 0 Å². The van der Waals surface area contributed by atoms with Gasteiger partial charge in [-0.25, -0.2) is 13.1 Å². The van der Waals surface area contributed by atoms with E-state index in [1.807, 2.05) is 37.3 Å². The SMILES string of the molecule is C/C(=N/NC(=S)NCc1ccccc1)c1ccc(S(=O)(=O)NCc2ccco2)cc1. The summed E-state index contributed by atoms with van der Waals surface area (Å²) >= 11 is 5.23. The molecule has 0 atom stereocenters. The first-order valence-electron chi connectivity index (χ1n) is 9.18. The van der Waals surface area contributed by atoms with E-state index in [0.717, 1.165) is 11.1 Å². The van der Waals surface area contributed by atoms with E-state index in [-0.39, 0.29) is 11.4 Å². The zero-order valence-electron chi connectivity index (χ0n) is 16.3. The van der Waals surface area contributed by atoms with Gasteiger partial charge in [0.05, 0.1) is 23.4 Å². The van der Waals surface area contributed by atoms with Crippen LogP contribution < -0.4 is 15.5 Å². The molecular formula is C21H22N4O3S2. The highest BCUT2D eigenvalue weighted by Gasteiger charge is 2.14. The second-order valence-corrected chi connectivity index (χ2v) is 8.58. The summed E-state index contributed by atoms with van der Waals surface area (Å²) in [7, 11) is -3.63. The van der Waals surface area contributed by atoms with Crippen molar-refractivity contribution in [1.82, 2.24) is 15.5 Å². The molecule has 0 radical (unpaired) electrons. The molecule has 1 aromatic heterocycles. The first-order valence-corrected chi connectivity index (χ1v) is 11.1. The molecule has 1 heterocycles. The van der Waals surface area contributed by atoms with E-state index in [1.165, 1.54) is 18.4 Å². The van der Waals surface area contributed by atoms with Crippen LogP contribution in [0.2, 0.25) is 0 Å². The number of rotatable bonds is 8. The molecule has 3 aromatic rings. The lowest BCUT2D eigenvalue weighted by atomic mass is 10.1. The van der Waals surface area contributed by atoms with Gasteiger partial charge in [0.1, 0.15) is 5.76 Å². The number of sulfonamides is 1. The Hall–Kier alpha value is -3.01. The Labute approximate surface area is 181 Å². The minimum Gasteiger partial charge on any atom is -0.468 e. The van der Waals surface area contributed by atoms with Crippen molar-refractivity contribution in [1.29, 1.82) is 0 Å². The second-order valence-electron chi connectivity index (χ2n) is 6.41. The number of nitrogens with one attached hydrogen (secondary N) is 3. The zero-order chi connectivity index (χ0) is 21.4. The predicted molar refractivity (Wildman–Crippen MR) is 120 cm³/mol. The summed E-state index contributed by atoms with van der Waals surface area (Å²) in [5.74, 6) is 0.543. The molecule has 30 heavy (non-hydrogen) atoms. The molecule has 0 saturated heterocycles. The Morgan fingerprint density at radius 1 is 1.00 bits per heavy atom. The van der Waals surface area contributed by atoms with Crippen molar-refractivity contribution in [3.8, 4) is 0 Å². The molecule has 0 aliphatic heterocycles. The van der Waals surface area contributed by atoms with Crippen molar-refractivity contribution in [3.05, 3.63) is 89.9 Å². The molecule has 0 fully saturated rings. The third-order valence-corrected chi connectivity index (χ3v) is 5.87. The van der Waals surface area contributed by atoms with Crippen LogP contribution in [0.4, 0.5) is 0 Å². The maximum Gasteiger partial charge on any atom is 0.240 e. The maximum atomic E-state index is 12.4. The van der Waals surface area contributed by atoms with E-state index < -0.39 is 10.0 Å². The summed E-state index contributed by atoms with van der Waals surface area (Å²) in [5.41, 5.74) is 5.36. The third-order valence-electron chi connectivity index (χ3n) is 4.22. The van der Waals surface area contributed by atoms with Gasteiger partial charge in [-0.1, -0.05) is 42.5 Å². The molecule has 3 rings (SSSR count). The zero-order valence-corrected chi connectivity index (χ0v) is 18.0. The van der Waals surface area contributed by atoms with E-state index in [1.54, 1.807) is 24.3 Å². The van der Waals surface area contributed by atoms with E-state index in [4.69, 9.17) is 16.6 Å². The van der Waals surface area contributed by atoms with Gasteiger partial charge >= 0.3 is 0 Å². The van der Waals surface area contributed by atoms with Gasteiger partial charge in [0, 0.05) is 6.54 Å². The van der Waals surface area contributed by atoms with Crippen LogP contribution in [0.15, 0.2) is 87.4 Å². The van der Waals surface area contributed by atoms with Crippen molar-refractivity contribution in [2.24, 2.45) is 5.10 Å². The first kappa shape index (κ1) is 21.7. The Kier molecular flexibility index (Phi) is 7.34. The first-order chi connectivity index (χ1) is 14.4. The summed E-state index contributed by atoms with van der Waals surface area (Å²) < 4.78 is 32.4. The molecule has 0 spiro atoms. The van der Waals surface area contributed by atoms with Crippen molar-refractivity contribution in [3.63, 3.8) is 0 Å². The van der Waals surface area contributed by atoms with Crippen LogP contribution in [0.1, 0.15) is 23.8 Å². The summed E-state index contributed by atoms with van der Waals surface area (Å²) in [6.45, 7) is 2.50. The smallest absolute Gasteiger partial charge is 0.240 e. The van der Waals surface area contributed by atoms with Crippen LogP contribution >= 0.6 is 12.2 Å². The Bertz CT molecular complexity index is 1090. The van der Waals surface area contributed by atoms with E-state index in [0.29, 0.717) is 23.1 Å². The molecule has 3 N–H and O–H groups in total. The largest absolute Gasteiger partial charge is 0.468 e. The van der Waals surface area contributed by atoms with Gasteiger partial charge in [0.15, 0.2) is 5.11 Å². The predicted octanol–water partition coefficient (Wildman–Crippen LogP) is 3.15. The Morgan fingerprint density at radius 3 is 2.40 bits per heavy atom. The van der Waals surface area contributed by atoms with Crippen molar-refractivity contribution < 1.29 is 12.8 Å². The number of benzene rings is 2. The number of furan rings is 1. The van der Waals surface area contributed by atoms with Gasteiger partial charge in [-0.3, -0.25) is 5.43 Å². The number of hydrogen-bond donors (Lipinski definition) is 3. The highest BCUT2D eigenvalue weighted by molar-refractivity contribution is 7.89. The molecule has 0 amide bonds. The van der Waals surface area contributed by atoms with E-state index in [9.17, 15) is 8.42 Å². The molecule has 9 heteroatoms. The van der Waals surface area contributed by atoms with Crippen molar-refractivity contribution >= 4 is 33.1 Å². The molecule has 2 aromatic carbocycles.